The number of benzene rings is 1. The van der Waals surface area contributed by atoms with E-state index in [2.05, 4.69) is 0 Å². The van der Waals surface area contributed by atoms with Gasteiger partial charge in [-0.05, 0) is 29.8 Å². The number of carbonyl (C=O) groups is 1. The highest BCUT2D eigenvalue weighted by molar-refractivity contribution is 5.99. The van der Waals surface area contributed by atoms with Gasteiger partial charge < -0.3 is 14.6 Å². The van der Waals surface area contributed by atoms with E-state index in [9.17, 15) is 9.90 Å². The molecule has 0 bridgehead atoms. The molecule has 0 heterocycles. The molecular formula is C20H20O4. The van der Waals surface area contributed by atoms with Crippen molar-refractivity contribution in [3.63, 3.8) is 0 Å². The second-order valence-corrected chi connectivity index (χ2v) is 5.13. The molecule has 124 valence electrons. The van der Waals surface area contributed by atoms with Crippen molar-refractivity contribution in [3.8, 4) is 11.5 Å². The fraction of sp³-hybridized carbons (Fsp3) is 0.150. The first kappa shape index (κ1) is 17.3. The normalized spacial score (nSPS) is 14.8. The van der Waals surface area contributed by atoms with Crippen molar-refractivity contribution in [1.82, 2.24) is 0 Å². The van der Waals surface area contributed by atoms with Gasteiger partial charge in [-0.2, -0.15) is 0 Å². The van der Waals surface area contributed by atoms with Crippen molar-refractivity contribution in [2.75, 3.05) is 14.2 Å². The van der Waals surface area contributed by atoms with Gasteiger partial charge in [0.15, 0.2) is 17.3 Å². The van der Waals surface area contributed by atoms with Gasteiger partial charge in [0.1, 0.15) is 5.76 Å². The van der Waals surface area contributed by atoms with E-state index in [4.69, 9.17) is 9.47 Å². The zero-order valence-corrected chi connectivity index (χ0v) is 13.7. The lowest BCUT2D eigenvalue weighted by atomic mass is 10.1. The van der Waals surface area contributed by atoms with Gasteiger partial charge in [-0.1, -0.05) is 42.5 Å². The Labute approximate surface area is 141 Å². The van der Waals surface area contributed by atoms with Gasteiger partial charge in [-0.15, -0.1) is 0 Å². The van der Waals surface area contributed by atoms with Crippen LogP contribution in [0.25, 0.3) is 6.08 Å². The van der Waals surface area contributed by atoms with Crippen molar-refractivity contribution < 1.29 is 19.4 Å². The van der Waals surface area contributed by atoms with Gasteiger partial charge in [-0.25, -0.2) is 0 Å². The van der Waals surface area contributed by atoms with Gasteiger partial charge in [0.05, 0.1) is 14.2 Å². The van der Waals surface area contributed by atoms with Crippen LogP contribution in [-0.4, -0.2) is 25.1 Å². The van der Waals surface area contributed by atoms with Gasteiger partial charge in [0.25, 0.3) is 0 Å². The molecule has 0 aromatic heterocycles. The molecule has 1 aromatic carbocycles. The largest absolute Gasteiger partial charge is 0.508 e. The Hall–Kier alpha value is -3.01. The Morgan fingerprint density at radius 1 is 1.08 bits per heavy atom. The topological polar surface area (TPSA) is 55.8 Å². The van der Waals surface area contributed by atoms with Crippen LogP contribution in [0.5, 0.6) is 11.5 Å². The Kier molecular flexibility index (Phi) is 6.20. The van der Waals surface area contributed by atoms with Crippen molar-refractivity contribution in [3.05, 3.63) is 78.1 Å². The van der Waals surface area contributed by atoms with E-state index in [0.717, 1.165) is 5.56 Å². The predicted molar refractivity (Wildman–Crippen MR) is 95.2 cm³/mol. The lowest BCUT2D eigenvalue weighted by Crippen LogP contribution is -1.91. The first-order chi connectivity index (χ1) is 11.6. The number of methoxy groups -OCH3 is 2. The van der Waals surface area contributed by atoms with Crippen LogP contribution in [0.3, 0.4) is 0 Å². The summed E-state index contributed by atoms with van der Waals surface area (Å²) in [5, 5.41) is 9.84. The van der Waals surface area contributed by atoms with E-state index >= 15 is 0 Å². The molecule has 0 unspecified atom stereocenters. The molecule has 0 amide bonds. The summed E-state index contributed by atoms with van der Waals surface area (Å²) in [7, 11) is 3.13. The maximum Gasteiger partial charge on any atom is 0.182 e. The van der Waals surface area contributed by atoms with Crippen LogP contribution in [-0.2, 0) is 4.79 Å². The van der Waals surface area contributed by atoms with E-state index in [1.165, 1.54) is 18.2 Å². The van der Waals surface area contributed by atoms with E-state index < -0.39 is 0 Å². The number of aliphatic hydroxyl groups excluding tert-OH is 1. The molecule has 0 fully saturated rings. The third kappa shape index (κ3) is 5.02. The number of allylic oxidation sites excluding steroid dienone is 8. The Balaban J connectivity index is 2.01. The SMILES string of the molecule is COc1ccc(/C=C/C(O)=C/C(=O)/C=C/C2C=CC=C2)cc1OC. The summed E-state index contributed by atoms with van der Waals surface area (Å²) in [4.78, 5) is 11.8. The molecule has 0 atom stereocenters. The smallest absolute Gasteiger partial charge is 0.182 e. The van der Waals surface area contributed by atoms with Crippen molar-refractivity contribution in [1.29, 1.82) is 0 Å². The van der Waals surface area contributed by atoms with Crippen molar-refractivity contribution in [2.45, 2.75) is 0 Å². The summed E-state index contributed by atoms with van der Waals surface area (Å²) < 4.78 is 10.4. The molecule has 0 radical (unpaired) electrons. The number of rotatable bonds is 7. The second-order valence-electron chi connectivity index (χ2n) is 5.13. The minimum Gasteiger partial charge on any atom is -0.508 e. The van der Waals surface area contributed by atoms with E-state index in [1.807, 2.05) is 30.4 Å². The van der Waals surface area contributed by atoms with Gasteiger partial charge in [0, 0.05) is 12.0 Å². The zero-order valence-electron chi connectivity index (χ0n) is 13.7. The van der Waals surface area contributed by atoms with E-state index in [-0.39, 0.29) is 17.5 Å². The summed E-state index contributed by atoms with van der Waals surface area (Å²) in [6.45, 7) is 0. The fourth-order valence-corrected chi connectivity index (χ4v) is 2.16. The van der Waals surface area contributed by atoms with E-state index in [1.54, 1.807) is 38.5 Å². The molecule has 4 heteroatoms. The Morgan fingerprint density at radius 2 is 1.79 bits per heavy atom. The molecule has 24 heavy (non-hydrogen) atoms. The predicted octanol–water partition coefficient (Wildman–Crippen LogP) is 4.03. The highest BCUT2D eigenvalue weighted by atomic mass is 16.5. The molecule has 0 aliphatic heterocycles. The molecule has 1 aromatic rings. The molecule has 4 nitrogen and oxygen atoms in total. The lowest BCUT2D eigenvalue weighted by molar-refractivity contribution is -0.110. The molecule has 1 aliphatic carbocycles. The van der Waals surface area contributed by atoms with Gasteiger partial charge in [-0.3, -0.25) is 4.79 Å². The van der Waals surface area contributed by atoms with Crippen molar-refractivity contribution >= 4 is 11.9 Å². The third-order valence-corrected chi connectivity index (χ3v) is 3.40. The van der Waals surface area contributed by atoms with Crippen LogP contribution >= 0.6 is 0 Å². The minimum absolute atomic E-state index is 0.114. The molecule has 0 saturated carbocycles. The standard InChI is InChI=1S/C20H20O4/c1-23-19-12-9-16(13-20(19)24-2)8-11-18(22)14-17(21)10-7-15-5-3-4-6-15/h3-15,22H,1-2H3/b10-7+,11-8+,18-14-. The first-order valence-electron chi connectivity index (χ1n) is 7.50. The van der Waals surface area contributed by atoms with Crippen LogP contribution in [0.2, 0.25) is 0 Å². The van der Waals surface area contributed by atoms with Crippen LogP contribution in [0.4, 0.5) is 0 Å². The third-order valence-electron chi connectivity index (χ3n) is 3.40. The lowest BCUT2D eigenvalue weighted by Gasteiger charge is -2.07. The molecule has 0 saturated heterocycles. The Bertz CT molecular complexity index is 724. The zero-order chi connectivity index (χ0) is 17.4. The molecule has 1 aliphatic rings. The summed E-state index contributed by atoms with van der Waals surface area (Å²) in [5.74, 6) is 0.992. The summed E-state index contributed by atoms with van der Waals surface area (Å²) in [5.41, 5.74) is 0.817. The molecular weight excluding hydrogens is 304 g/mol. The summed E-state index contributed by atoms with van der Waals surface area (Å²) >= 11 is 0. The summed E-state index contributed by atoms with van der Waals surface area (Å²) in [6.07, 6.45) is 15.4. The molecule has 0 spiro atoms. The second kappa shape index (κ2) is 8.58. The number of hydrogen-bond donors (Lipinski definition) is 1. The average Bonchev–Trinajstić information content (AvgIpc) is 3.11. The van der Waals surface area contributed by atoms with Crippen molar-refractivity contribution in [2.24, 2.45) is 5.92 Å². The molecule has 1 N–H and O–H groups in total. The fourth-order valence-electron chi connectivity index (χ4n) is 2.16. The quantitative estimate of drug-likeness (QED) is 0.467. The maximum absolute atomic E-state index is 11.8. The average molecular weight is 324 g/mol. The Morgan fingerprint density at radius 3 is 2.46 bits per heavy atom. The van der Waals surface area contributed by atoms with Gasteiger partial charge in [0.2, 0.25) is 0 Å². The highest BCUT2D eigenvalue weighted by Gasteiger charge is 2.03. The highest BCUT2D eigenvalue weighted by Crippen LogP contribution is 2.28. The first-order valence-corrected chi connectivity index (χ1v) is 7.50. The number of ether oxygens (including phenoxy) is 2. The van der Waals surface area contributed by atoms with Crippen LogP contribution in [0.15, 0.2) is 72.6 Å². The van der Waals surface area contributed by atoms with Gasteiger partial charge >= 0.3 is 0 Å². The van der Waals surface area contributed by atoms with Crippen LogP contribution < -0.4 is 9.47 Å². The number of hydrogen-bond acceptors (Lipinski definition) is 4. The number of ketones is 1. The monoisotopic (exact) mass is 324 g/mol. The van der Waals surface area contributed by atoms with E-state index in [0.29, 0.717) is 11.5 Å². The molecule has 2 rings (SSSR count). The van der Waals surface area contributed by atoms with Crippen LogP contribution in [0.1, 0.15) is 5.56 Å². The minimum atomic E-state index is -0.266. The van der Waals surface area contributed by atoms with Crippen LogP contribution in [0, 0.1) is 5.92 Å². The number of carbonyl (C=O) groups excluding carboxylic acids is 1. The summed E-state index contributed by atoms with van der Waals surface area (Å²) in [6, 6.07) is 5.38. The maximum atomic E-state index is 11.8. The number of aliphatic hydroxyl groups is 1.